The number of rotatable bonds is 11. The SMILES string of the molecule is COCCOCCNC(=O)c1cccc(-c2ccc3cnc(CNC(=O)c4ccc5c(c4)[C@](C)(C#N)COC5)cc3n2)c1. The molecule has 1 aliphatic heterocycles. The Morgan fingerprint density at radius 3 is 2.70 bits per heavy atom. The number of aromatic nitrogens is 2. The minimum absolute atomic E-state index is 0.190. The average molecular weight is 580 g/mol. The number of hydrogen-bond acceptors (Lipinski definition) is 8. The Hall–Kier alpha value is -4.69. The smallest absolute Gasteiger partial charge is 0.251 e. The summed E-state index contributed by atoms with van der Waals surface area (Å²) in [5, 5.41) is 16.3. The van der Waals surface area contributed by atoms with Gasteiger partial charge in [-0.05, 0) is 60.5 Å². The summed E-state index contributed by atoms with van der Waals surface area (Å²) in [7, 11) is 1.61. The van der Waals surface area contributed by atoms with E-state index in [4.69, 9.17) is 19.2 Å². The molecule has 0 spiro atoms. The summed E-state index contributed by atoms with van der Waals surface area (Å²) in [6.07, 6.45) is 1.73. The normalized spacial score (nSPS) is 15.8. The van der Waals surface area contributed by atoms with Gasteiger partial charge < -0.3 is 24.8 Å². The molecule has 2 aromatic carbocycles. The van der Waals surface area contributed by atoms with Crippen LogP contribution in [0.15, 0.2) is 66.9 Å². The molecule has 43 heavy (non-hydrogen) atoms. The lowest BCUT2D eigenvalue weighted by atomic mass is 9.79. The van der Waals surface area contributed by atoms with Crippen molar-refractivity contribution in [3.8, 4) is 17.3 Å². The van der Waals surface area contributed by atoms with E-state index < -0.39 is 5.41 Å². The fraction of sp³-hybridized carbons (Fsp3) is 0.303. The van der Waals surface area contributed by atoms with Gasteiger partial charge in [-0.1, -0.05) is 18.2 Å². The first kappa shape index (κ1) is 29.8. The fourth-order valence-electron chi connectivity index (χ4n) is 4.88. The quantitative estimate of drug-likeness (QED) is 0.255. The Kier molecular flexibility index (Phi) is 9.37. The van der Waals surface area contributed by atoms with Gasteiger partial charge in [0.1, 0.15) is 5.41 Å². The number of benzene rings is 2. The molecule has 4 aromatic rings. The molecule has 3 heterocycles. The van der Waals surface area contributed by atoms with Crippen LogP contribution in [0.1, 0.15) is 44.5 Å². The van der Waals surface area contributed by atoms with E-state index in [2.05, 4.69) is 21.7 Å². The molecule has 1 atom stereocenters. The van der Waals surface area contributed by atoms with Crippen LogP contribution in [0.25, 0.3) is 22.2 Å². The molecule has 2 N–H and O–H groups in total. The number of nitrogens with zero attached hydrogens (tertiary/aromatic N) is 3. The Morgan fingerprint density at radius 1 is 1.02 bits per heavy atom. The van der Waals surface area contributed by atoms with Crippen LogP contribution in [-0.4, -0.2) is 61.9 Å². The van der Waals surface area contributed by atoms with E-state index >= 15 is 0 Å². The van der Waals surface area contributed by atoms with E-state index in [1.165, 1.54) is 0 Å². The molecule has 0 unspecified atom stereocenters. The van der Waals surface area contributed by atoms with E-state index in [0.717, 1.165) is 27.6 Å². The van der Waals surface area contributed by atoms with E-state index in [1.807, 2.05) is 43.3 Å². The van der Waals surface area contributed by atoms with Gasteiger partial charge in [0, 0.05) is 41.9 Å². The third-order valence-corrected chi connectivity index (χ3v) is 7.31. The molecular formula is C33H33N5O5. The highest BCUT2D eigenvalue weighted by molar-refractivity contribution is 5.96. The number of pyridine rings is 2. The first-order chi connectivity index (χ1) is 20.9. The summed E-state index contributed by atoms with van der Waals surface area (Å²) in [5.74, 6) is -0.445. The maximum Gasteiger partial charge on any atom is 0.251 e. The highest BCUT2D eigenvalue weighted by Gasteiger charge is 2.33. The highest BCUT2D eigenvalue weighted by atomic mass is 16.5. The molecule has 2 aromatic heterocycles. The van der Waals surface area contributed by atoms with Crippen molar-refractivity contribution in [2.24, 2.45) is 0 Å². The number of carbonyl (C=O) groups excluding carboxylic acids is 2. The van der Waals surface area contributed by atoms with Crippen molar-refractivity contribution in [3.05, 3.63) is 94.8 Å². The van der Waals surface area contributed by atoms with Gasteiger partial charge in [0.25, 0.3) is 11.8 Å². The van der Waals surface area contributed by atoms with Gasteiger partial charge in [0.2, 0.25) is 0 Å². The number of ether oxygens (including phenoxy) is 3. The number of amides is 2. The van der Waals surface area contributed by atoms with Crippen LogP contribution in [-0.2, 0) is 32.8 Å². The third kappa shape index (κ3) is 7.04. The molecule has 10 nitrogen and oxygen atoms in total. The molecule has 1 aliphatic rings. The first-order valence-electron chi connectivity index (χ1n) is 14.0. The lowest BCUT2D eigenvalue weighted by molar-refractivity contribution is 0.0692. The largest absolute Gasteiger partial charge is 0.382 e. The van der Waals surface area contributed by atoms with Crippen LogP contribution in [0.2, 0.25) is 0 Å². The zero-order valence-electron chi connectivity index (χ0n) is 24.2. The van der Waals surface area contributed by atoms with Crippen molar-refractivity contribution in [2.45, 2.75) is 25.5 Å². The van der Waals surface area contributed by atoms with E-state index in [1.54, 1.807) is 37.6 Å². The molecule has 0 aliphatic carbocycles. The first-order valence-corrected chi connectivity index (χ1v) is 14.0. The monoisotopic (exact) mass is 579 g/mol. The van der Waals surface area contributed by atoms with Crippen molar-refractivity contribution in [3.63, 3.8) is 0 Å². The number of carbonyl (C=O) groups is 2. The zero-order valence-corrected chi connectivity index (χ0v) is 24.2. The van der Waals surface area contributed by atoms with Gasteiger partial charge in [-0.25, -0.2) is 4.98 Å². The second-order valence-electron chi connectivity index (χ2n) is 10.5. The molecule has 0 bridgehead atoms. The maximum absolute atomic E-state index is 13.0. The van der Waals surface area contributed by atoms with Gasteiger partial charge in [-0.2, -0.15) is 5.26 Å². The summed E-state index contributed by atoms with van der Waals surface area (Å²) in [4.78, 5) is 34.9. The summed E-state index contributed by atoms with van der Waals surface area (Å²) >= 11 is 0. The standard InChI is InChI=1S/C33H33N5O5/c1-33(20-34)21-43-19-26-7-6-24(15-28(26)33)32(40)37-18-27-16-30-25(17-36-27)8-9-29(38-30)22-4-3-5-23(14-22)31(39)35-10-11-42-13-12-41-2/h3-9,14-17H,10-13,18-19,21H2,1-2H3,(H,35,39)(H,37,40)/t33-/m1/s1. The Labute approximate surface area is 250 Å². The third-order valence-electron chi connectivity index (χ3n) is 7.31. The molecule has 0 saturated heterocycles. The fourth-order valence-corrected chi connectivity index (χ4v) is 4.88. The molecule has 5 rings (SSSR count). The Bertz CT molecular complexity index is 1680. The van der Waals surface area contributed by atoms with Crippen LogP contribution >= 0.6 is 0 Å². The Morgan fingerprint density at radius 2 is 1.86 bits per heavy atom. The van der Waals surface area contributed by atoms with Crippen LogP contribution in [0.5, 0.6) is 0 Å². The second-order valence-corrected chi connectivity index (χ2v) is 10.5. The van der Waals surface area contributed by atoms with Crippen LogP contribution in [0.3, 0.4) is 0 Å². The van der Waals surface area contributed by atoms with E-state index in [0.29, 0.717) is 62.1 Å². The van der Waals surface area contributed by atoms with E-state index in [9.17, 15) is 14.9 Å². The van der Waals surface area contributed by atoms with Gasteiger partial charge in [0.05, 0.1) is 62.6 Å². The number of nitriles is 1. The number of nitrogens with one attached hydrogen (secondary N) is 2. The van der Waals surface area contributed by atoms with E-state index in [-0.39, 0.29) is 18.4 Å². The van der Waals surface area contributed by atoms with Gasteiger partial charge in [-0.3, -0.25) is 14.6 Å². The lowest BCUT2D eigenvalue weighted by Crippen LogP contribution is -2.33. The molecule has 10 heteroatoms. The minimum Gasteiger partial charge on any atom is -0.382 e. The van der Waals surface area contributed by atoms with Crippen molar-refractivity contribution >= 4 is 22.7 Å². The lowest BCUT2D eigenvalue weighted by Gasteiger charge is -2.30. The van der Waals surface area contributed by atoms with Crippen molar-refractivity contribution < 1.29 is 23.8 Å². The maximum atomic E-state index is 13.0. The van der Waals surface area contributed by atoms with Crippen LogP contribution in [0, 0.1) is 11.3 Å². The van der Waals surface area contributed by atoms with Gasteiger partial charge in [0.15, 0.2) is 0 Å². The highest BCUT2D eigenvalue weighted by Crippen LogP contribution is 2.32. The van der Waals surface area contributed by atoms with Crippen molar-refractivity contribution in [1.29, 1.82) is 5.26 Å². The number of fused-ring (bicyclic) bond motifs is 2. The Balaban J connectivity index is 1.25. The molecule has 0 radical (unpaired) electrons. The number of hydrogen-bond donors (Lipinski definition) is 2. The molecule has 0 saturated carbocycles. The zero-order chi connectivity index (χ0) is 30.2. The van der Waals surface area contributed by atoms with Crippen LogP contribution in [0.4, 0.5) is 0 Å². The molecule has 2 amide bonds. The van der Waals surface area contributed by atoms with Gasteiger partial charge >= 0.3 is 0 Å². The molecule has 0 fully saturated rings. The van der Waals surface area contributed by atoms with Crippen LogP contribution < -0.4 is 10.6 Å². The van der Waals surface area contributed by atoms with Crippen molar-refractivity contribution in [1.82, 2.24) is 20.6 Å². The predicted molar refractivity (Wildman–Crippen MR) is 160 cm³/mol. The summed E-state index contributed by atoms with van der Waals surface area (Å²) < 4.78 is 15.9. The summed E-state index contributed by atoms with van der Waals surface area (Å²) in [5.41, 5.74) is 4.84. The molecule has 220 valence electrons. The van der Waals surface area contributed by atoms with Gasteiger partial charge in [-0.15, -0.1) is 0 Å². The topological polar surface area (TPSA) is 135 Å². The molecular weight excluding hydrogens is 546 g/mol. The number of methoxy groups -OCH3 is 1. The average Bonchev–Trinajstić information content (AvgIpc) is 3.04. The minimum atomic E-state index is -0.796. The summed E-state index contributed by atoms with van der Waals surface area (Å²) in [6.45, 7) is 4.53. The summed E-state index contributed by atoms with van der Waals surface area (Å²) in [6, 6.07) is 20.6. The predicted octanol–water partition coefficient (Wildman–Crippen LogP) is 3.93. The van der Waals surface area contributed by atoms with Crippen molar-refractivity contribution in [2.75, 3.05) is 40.1 Å². The second kappa shape index (κ2) is 13.5.